The van der Waals surface area contributed by atoms with Crippen molar-refractivity contribution in [1.82, 2.24) is 4.90 Å². The van der Waals surface area contributed by atoms with Crippen LogP contribution in [0.5, 0.6) is 0 Å². The standard InChI is InChI=1S/C11H16F3NO5/c12-11(13,14)7-20-6-9(16)15(5-10(17)18)8-1-3-19-4-2-8/h8H,1-7H2,(H,17,18). The van der Waals surface area contributed by atoms with E-state index in [4.69, 9.17) is 9.84 Å². The first-order chi connectivity index (χ1) is 9.29. The maximum absolute atomic E-state index is 11.9. The summed E-state index contributed by atoms with van der Waals surface area (Å²) in [7, 11) is 0. The van der Waals surface area contributed by atoms with Crippen molar-refractivity contribution in [3.8, 4) is 0 Å². The fourth-order valence-electron chi connectivity index (χ4n) is 1.90. The van der Waals surface area contributed by atoms with Crippen LogP contribution in [0.3, 0.4) is 0 Å². The Morgan fingerprint density at radius 2 is 1.90 bits per heavy atom. The van der Waals surface area contributed by atoms with Crippen molar-refractivity contribution in [2.75, 3.05) is 33.0 Å². The molecule has 6 nitrogen and oxygen atoms in total. The van der Waals surface area contributed by atoms with E-state index in [2.05, 4.69) is 4.74 Å². The van der Waals surface area contributed by atoms with E-state index in [-0.39, 0.29) is 6.04 Å². The lowest BCUT2D eigenvalue weighted by molar-refractivity contribution is -0.179. The van der Waals surface area contributed by atoms with Crippen LogP contribution in [0.4, 0.5) is 13.2 Å². The zero-order valence-electron chi connectivity index (χ0n) is 10.7. The molecule has 0 aromatic rings. The van der Waals surface area contributed by atoms with Crippen LogP contribution in [0.1, 0.15) is 12.8 Å². The quantitative estimate of drug-likeness (QED) is 0.779. The summed E-state index contributed by atoms with van der Waals surface area (Å²) < 4.78 is 45.1. The lowest BCUT2D eigenvalue weighted by atomic mass is 10.1. The van der Waals surface area contributed by atoms with Crippen LogP contribution in [0.15, 0.2) is 0 Å². The van der Waals surface area contributed by atoms with Crippen LogP contribution in [-0.2, 0) is 19.1 Å². The van der Waals surface area contributed by atoms with Crippen LogP contribution in [0.25, 0.3) is 0 Å². The molecule has 0 aromatic carbocycles. The van der Waals surface area contributed by atoms with E-state index < -0.39 is 37.8 Å². The largest absolute Gasteiger partial charge is 0.480 e. The second-order valence-corrected chi connectivity index (χ2v) is 4.37. The Bertz CT molecular complexity index is 341. The molecule has 0 aromatic heterocycles. The van der Waals surface area contributed by atoms with Gasteiger partial charge in [0.2, 0.25) is 5.91 Å². The molecule has 1 fully saturated rings. The summed E-state index contributed by atoms with van der Waals surface area (Å²) in [6.07, 6.45) is -3.60. The third-order valence-corrected chi connectivity index (χ3v) is 2.75. The highest BCUT2D eigenvalue weighted by atomic mass is 19.4. The number of carbonyl (C=O) groups is 2. The average molecular weight is 299 g/mol. The molecule has 0 spiro atoms. The topological polar surface area (TPSA) is 76.1 Å². The number of carbonyl (C=O) groups excluding carboxylic acids is 1. The number of carboxylic acids is 1. The maximum Gasteiger partial charge on any atom is 0.411 e. The summed E-state index contributed by atoms with van der Waals surface area (Å²) in [5, 5.41) is 8.77. The molecule has 0 radical (unpaired) electrons. The number of halogens is 3. The molecule has 1 aliphatic heterocycles. The van der Waals surface area contributed by atoms with E-state index in [0.29, 0.717) is 26.1 Å². The number of carboxylic acid groups (broad SMARTS) is 1. The van der Waals surface area contributed by atoms with Crippen LogP contribution < -0.4 is 0 Å². The number of rotatable bonds is 6. The molecule has 0 saturated carbocycles. The van der Waals surface area contributed by atoms with E-state index in [1.165, 1.54) is 0 Å². The van der Waals surface area contributed by atoms with Crippen molar-refractivity contribution in [1.29, 1.82) is 0 Å². The highest BCUT2D eigenvalue weighted by Crippen LogP contribution is 2.16. The Morgan fingerprint density at radius 3 is 2.40 bits per heavy atom. The second-order valence-electron chi connectivity index (χ2n) is 4.37. The number of ether oxygens (including phenoxy) is 2. The molecule has 9 heteroatoms. The van der Waals surface area contributed by atoms with Gasteiger partial charge in [0.1, 0.15) is 19.8 Å². The van der Waals surface area contributed by atoms with Gasteiger partial charge in [0.25, 0.3) is 0 Å². The van der Waals surface area contributed by atoms with Crippen molar-refractivity contribution in [3.05, 3.63) is 0 Å². The molecular formula is C11H16F3NO5. The Morgan fingerprint density at radius 1 is 1.30 bits per heavy atom. The number of amides is 1. The lowest BCUT2D eigenvalue weighted by Crippen LogP contribution is -2.47. The Balaban J connectivity index is 2.53. The van der Waals surface area contributed by atoms with E-state index in [0.717, 1.165) is 4.90 Å². The number of aliphatic carboxylic acids is 1. The molecular weight excluding hydrogens is 283 g/mol. The molecule has 1 aliphatic rings. The minimum Gasteiger partial charge on any atom is -0.480 e. The van der Waals surface area contributed by atoms with Gasteiger partial charge in [0.05, 0.1) is 0 Å². The first kappa shape index (κ1) is 16.7. The van der Waals surface area contributed by atoms with Gasteiger partial charge in [0, 0.05) is 19.3 Å². The molecule has 0 aliphatic carbocycles. The first-order valence-corrected chi connectivity index (χ1v) is 6.03. The van der Waals surface area contributed by atoms with Crippen LogP contribution >= 0.6 is 0 Å². The zero-order chi connectivity index (χ0) is 15.2. The molecule has 0 atom stereocenters. The summed E-state index contributed by atoms with van der Waals surface area (Å²) in [5.74, 6) is -1.98. The van der Waals surface area contributed by atoms with Gasteiger partial charge in [-0.1, -0.05) is 0 Å². The minimum atomic E-state index is -4.52. The number of hydrogen-bond acceptors (Lipinski definition) is 4. The van der Waals surface area contributed by atoms with Gasteiger partial charge in [0.15, 0.2) is 0 Å². The minimum absolute atomic E-state index is 0.346. The zero-order valence-corrected chi connectivity index (χ0v) is 10.7. The Labute approximate surface area is 113 Å². The monoisotopic (exact) mass is 299 g/mol. The van der Waals surface area contributed by atoms with Gasteiger partial charge in [-0.05, 0) is 12.8 Å². The van der Waals surface area contributed by atoms with Crippen molar-refractivity contribution >= 4 is 11.9 Å². The summed E-state index contributed by atoms with van der Waals surface area (Å²) in [6.45, 7) is -2.11. The molecule has 1 heterocycles. The van der Waals surface area contributed by atoms with E-state index >= 15 is 0 Å². The highest BCUT2D eigenvalue weighted by molar-refractivity contribution is 5.82. The lowest BCUT2D eigenvalue weighted by Gasteiger charge is -2.33. The Kier molecular flexibility index (Phi) is 6.21. The second kappa shape index (κ2) is 7.44. The number of hydrogen-bond donors (Lipinski definition) is 1. The third-order valence-electron chi connectivity index (χ3n) is 2.75. The SMILES string of the molecule is O=C(O)CN(C(=O)COCC(F)(F)F)C1CCOCC1. The third kappa shape index (κ3) is 6.20. The summed E-state index contributed by atoms with van der Waals surface area (Å²) in [5.41, 5.74) is 0. The van der Waals surface area contributed by atoms with Crippen molar-refractivity contribution in [3.63, 3.8) is 0 Å². The van der Waals surface area contributed by atoms with Gasteiger partial charge in [-0.25, -0.2) is 0 Å². The van der Waals surface area contributed by atoms with Crippen LogP contribution in [0, 0.1) is 0 Å². The van der Waals surface area contributed by atoms with Crippen LogP contribution in [0.2, 0.25) is 0 Å². The number of nitrogens with zero attached hydrogens (tertiary/aromatic N) is 1. The first-order valence-electron chi connectivity index (χ1n) is 6.03. The molecule has 0 bridgehead atoms. The summed E-state index contributed by atoms with van der Waals surface area (Å²) in [6, 6.07) is -0.346. The van der Waals surface area contributed by atoms with Gasteiger partial charge in [-0.3, -0.25) is 9.59 Å². The fourth-order valence-corrected chi connectivity index (χ4v) is 1.90. The van der Waals surface area contributed by atoms with Gasteiger partial charge in [-0.15, -0.1) is 0 Å². The normalized spacial score (nSPS) is 16.9. The molecule has 20 heavy (non-hydrogen) atoms. The van der Waals surface area contributed by atoms with Crippen molar-refractivity contribution in [2.24, 2.45) is 0 Å². The van der Waals surface area contributed by atoms with E-state index in [1.54, 1.807) is 0 Å². The maximum atomic E-state index is 11.9. The van der Waals surface area contributed by atoms with Gasteiger partial charge >= 0.3 is 12.1 Å². The van der Waals surface area contributed by atoms with Crippen molar-refractivity contribution < 1.29 is 37.3 Å². The average Bonchev–Trinajstić information content (AvgIpc) is 2.35. The highest BCUT2D eigenvalue weighted by Gasteiger charge is 2.30. The van der Waals surface area contributed by atoms with Crippen molar-refractivity contribution in [2.45, 2.75) is 25.1 Å². The molecule has 1 saturated heterocycles. The van der Waals surface area contributed by atoms with Gasteiger partial charge < -0.3 is 19.5 Å². The molecule has 116 valence electrons. The van der Waals surface area contributed by atoms with E-state index in [1.807, 2.05) is 0 Å². The molecule has 1 N–H and O–H groups in total. The van der Waals surface area contributed by atoms with Crippen LogP contribution in [-0.4, -0.2) is 67.1 Å². The number of alkyl halides is 3. The molecule has 1 amide bonds. The summed E-state index contributed by atoms with van der Waals surface area (Å²) >= 11 is 0. The van der Waals surface area contributed by atoms with Gasteiger partial charge in [-0.2, -0.15) is 13.2 Å². The predicted octanol–water partition coefficient (Wildman–Crippen LogP) is 0.657. The molecule has 1 rings (SSSR count). The van der Waals surface area contributed by atoms with E-state index in [9.17, 15) is 22.8 Å². The Hall–Kier alpha value is -1.35. The predicted molar refractivity (Wildman–Crippen MR) is 60.1 cm³/mol. The smallest absolute Gasteiger partial charge is 0.411 e. The fraction of sp³-hybridized carbons (Fsp3) is 0.818. The summed E-state index contributed by atoms with van der Waals surface area (Å²) in [4.78, 5) is 23.6. The molecule has 0 unspecified atom stereocenters.